The highest BCUT2D eigenvalue weighted by Crippen LogP contribution is 2.36. The molecule has 0 aromatic heterocycles. The van der Waals surface area contributed by atoms with E-state index in [1.165, 1.54) is 0 Å². The Morgan fingerprint density at radius 2 is 1.58 bits per heavy atom. The van der Waals surface area contributed by atoms with Crippen LogP contribution in [0.2, 0.25) is 0 Å². The molecule has 0 unspecified atom stereocenters. The Labute approximate surface area is 85.4 Å². The van der Waals surface area contributed by atoms with Gasteiger partial charge in [0.1, 0.15) is 16.0 Å². The first-order chi connectivity index (χ1) is 5.69. The van der Waals surface area contributed by atoms with Gasteiger partial charge in [0.05, 0.1) is 14.2 Å². The van der Waals surface area contributed by atoms with Gasteiger partial charge in [-0.05, 0) is 28.1 Å². The van der Waals surface area contributed by atoms with E-state index in [4.69, 9.17) is 9.47 Å². The number of benzene rings is 1. The van der Waals surface area contributed by atoms with E-state index in [-0.39, 0.29) is 0 Å². The lowest BCUT2D eigenvalue weighted by molar-refractivity contribution is 0.387. The third-order valence-electron chi connectivity index (χ3n) is 1.43. The van der Waals surface area contributed by atoms with E-state index in [1.54, 1.807) is 14.2 Å². The van der Waals surface area contributed by atoms with Crippen LogP contribution in [0.1, 0.15) is 0 Å². The molecule has 0 saturated heterocycles. The van der Waals surface area contributed by atoms with Crippen molar-refractivity contribution in [3.05, 3.63) is 16.6 Å². The van der Waals surface area contributed by atoms with E-state index in [2.05, 4.69) is 28.6 Å². The fraction of sp³-hybridized carbons (Fsp3) is 0.250. The van der Waals surface area contributed by atoms with Crippen LogP contribution in [0.15, 0.2) is 21.5 Å². The van der Waals surface area contributed by atoms with Gasteiger partial charge in [0.25, 0.3) is 0 Å². The Kier molecular flexibility index (Phi) is 3.29. The zero-order valence-electron chi connectivity index (χ0n) is 6.80. The minimum absolute atomic E-state index is 0.722. The summed E-state index contributed by atoms with van der Waals surface area (Å²) in [6.45, 7) is 0. The van der Waals surface area contributed by atoms with E-state index in [9.17, 15) is 0 Å². The largest absolute Gasteiger partial charge is 0.495 e. The van der Waals surface area contributed by atoms with E-state index >= 15 is 0 Å². The van der Waals surface area contributed by atoms with Crippen LogP contribution in [0, 0.1) is 0 Å². The highest BCUT2D eigenvalue weighted by atomic mass is 79.9. The van der Waals surface area contributed by atoms with Gasteiger partial charge in [-0.3, -0.25) is 0 Å². The third kappa shape index (κ3) is 1.87. The summed E-state index contributed by atoms with van der Waals surface area (Å²) in [5.41, 5.74) is 0. The van der Waals surface area contributed by atoms with Gasteiger partial charge in [-0.2, -0.15) is 0 Å². The van der Waals surface area contributed by atoms with Crippen LogP contribution in [0.4, 0.5) is 0 Å². The summed E-state index contributed by atoms with van der Waals surface area (Å²) < 4.78 is 11.0. The van der Waals surface area contributed by atoms with Gasteiger partial charge < -0.3 is 9.47 Å². The average molecular weight is 249 g/mol. The zero-order valence-corrected chi connectivity index (χ0v) is 9.28. The van der Waals surface area contributed by atoms with Crippen LogP contribution in [-0.2, 0) is 0 Å². The molecule has 12 heavy (non-hydrogen) atoms. The molecule has 66 valence electrons. The van der Waals surface area contributed by atoms with Crippen molar-refractivity contribution in [3.8, 4) is 11.5 Å². The van der Waals surface area contributed by atoms with Gasteiger partial charge in [-0.15, -0.1) is 12.6 Å². The number of halogens is 1. The number of ether oxygens (including phenoxy) is 2. The van der Waals surface area contributed by atoms with E-state index in [1.807, 2.05) is 12.1 Å². The number of thiol groups is 1. The molecule has 0 N–H and O–H groups in total. The molecule has 1 rings (SSSR count). The molecule has 0 aliphatic carbocycles. The molecule has 2 nitrogen and oxygen atoms in total. The molecule has 0 heterocycles. The molecule has 1 aromatic carbocycles. The van der Waals surface area contributed by atoms with E-state index < -0.39 is 0 Å². The van der Waals surface area contributed by atoms with Crippen LogP contribution in [0.5, 0.6) is 11.5 Å². The molecule has 0 saturated carbocycles. The van der Waals surface area contributed by atoms with Crippen molar-refractivity contribution in [2.24, 2.45) is 0 Å². The van der Waals surface area contributed by atoms with E-state index in [0.29, 0.717) is 0 Å². The number of rotatable bonds is 2. The average Bonchev–Trinajstić information content (AvgIpc) is 2.08. The maximum absolute atomic E-state index is 5.09. The van der Waals surface area contributed by atoms with Gasteiger partial charge in [0.15, 0.2) is 0 Å². The molecule has 0 aliphatic rings. The normalized spacial score (nSPS) is 9.67. The summed E-state index contributed by atoms with van der Waals surface area (Å²) in [7, 11) is 3.21. The molecule has 0 radical (unpaired) electrons. The van der Waals surface area contributed by atoms with Crippen molar-refractivity contribution in [2.75, 3.05) is 14.2 Å². The van der Waals surface area contributed by atoms with Crippen LogP contribution in [-0.4, -0.2) is 14.2 Å². The highest BCUT2D eigenvalue weighted by molar-refractivity contribution is 9.10. The lowest BCUT2D eigenvalue weighted by Gasteiger charge is -2.08. The number of hydrogen-bond acceptors (Lipinski definition) is 3. The van der Waals surface area contributed by atoms with Crippen LogP contribution < -0.4 is 9.47 Å². The summed E-state index contributed by atoms with van der Waals surface area (Å²) in [6.07, 6.45) is 0. The summed E-state index contributed by atoms with van der Waals surface area (Å²) in [4.78, 5) is 0.812. The first-order valence-electron chi connectivity index (χ1n) is 3.29. The molecule has 4 heteroatoms. The highest BCUT2D eigenvalue weighted by Gasteiger charge is 2.07. The zero-order chi connectivity index (χ0) is 9.14. The molecule has 0 bridgehead atoms. The summed E-state index contributed by atoms with van der Waals surface area (Å²) in [5, 5.41) is 0. The third-order valence-corrected chi connectivity index (χ3v) is 2.47. The maximum atomic E-state index is 5.09. The van der Waals surface area contributed by atoms with Crippen molar-refractivity contribution in [1.29, 1.82) is 0 Å². The first kappa shape index (κ1) is 9.74. The van der Waals surface area contributed by atoms with Crippen molar-refractivity contribution < 1.29 is 9.47 Å². The molecule has 0 aliphatic heterocycles. The summed E-state index contributed by atoms with van der Waals surface area (Å²) in [5.74, 6) is 1.44. The topological polar surface area (TPSA) is 18.5 Å². The molecule has 0 atom stereocenters. The second-order valence-electron chi connectivity index (χ2n) is 2.16. The Morgan fingerprint density at radius 3 is 1.92 bits per heavy atom. The second-order valence-corrected chi connectivity index (χ2v) is 3.47. The van der Waals surface area contributed by atoms with Crippen molar-refractivity contribution >= 4 is 28.6 Å². The van der Waals surface area contributed by atoms with Crippen molar-refractivity contribution in [1.82, 2.24) is 0 Å². The number of hydrogen-bond donors (Lipinski definition) is 1. The SMILES string of the molecule is COc1cc(S)cc(OC)c1Br. The minimum atomic E-state index is 0.722. The van der Waals surface area contributed by atoms with Gasteiger partial charge >= 0.3 is 0 Å². The second kappa shape index (κ2) is 4.05. The number of methoxy groups -OCH3 is 2. The van der Waals surface area contributed by atoms with Gasteiger partial charge in [-0.25, -0.2) is 0 Å². The van der Waals surface area contributed by atoms with Gasteiger partial charge in [0, 0.05) is 4.90 Å². The van der Waals surface area contributed by atoms with Gasteiger partial charge in [-0.1, -0.05) is 0 Å². The summed E-state index contributed by atoms with van der Waals surface area (Å²) >= 11 is 7.55. The molecular formula is C8H9BrO2S. The molecule has 1 aromatic rings. The van der Waals surface area contributed by atoms with Gasteiger partial charge in [0.2, 0.25) is 0 Å². The Balaban J connectivity index is 3.22. The first-order valence-corrected chi connectivity index (χ1v) is 4.53. The predicted octanol–water partition coefficient (Wildman–Crippen LogP) is 2.76. The lowest BCUT2D eigenvalue weighted by atomic mass is 10.3. The van der Waals surface area contributed by atoms with Crippen molar-refractivity contribution in [3.63, 3.8) is 0 Å². The molecular weight excluding hydrogens is 240 g/mol. The van der Waals surface area contributed by atoms with Crippen molar-refractivity contribution in [2.45, 2.75) is 4.90 Å². The molecule has 0 spiro atoms. The standard InChI is InChI=1S/C8H9BrO2S/c1-10-6-3-5(12)4-7(11-2)8(6)9/h3-4,12H,1-2H3. The monoisotopic (exact) mass is 248 g/mol. The Hall–Kier alpha value is -0.350. The van der Waals surface area contributed by atoms with Crippen LogP contribution in [0.25, 0.3) is 0 Å². The summed E-state index contributed by atoms with van der Waals surface area (Å²) in [6, 6.07) is 3.63. The Bertz CT molecular complexity index is 263. The lowest BCUT2D eigenvalue weighted by Crippen LogP contribution is -1.89. The maximum Gasteiger partial charge on any atom is 0.137 e. The quantitative estimate of drug-likeness (QED) is 0.812. The minimum Gasteiger partial charge on any atom is -0.495 e. The fourth-order valence-electron chi connectivity index (χ4n) is 0.856. The fourth-order valence-corrected chi connectivity index (χ4v) is 1.64. The molecule has 0 fully saturated rings. The smallest absolute Gasteiger partial charge is 0.137 e. The predicted molar refractivity (Wildman–Crippen MR) is 54.5 cm³/mol. The van der Waals surface area contributed by atoms with E-state index in [0.717, 1.165) is 20.9 Å². The van der Waals surface area contributed by atoms with Crippen LogP contribution >= 0.6 is 28.6 Å². The van der Waals surface area contributed by atoms with Crippen LogP contribution in [0.3, 0.4) is 0 Å². The Morgan fingerprint density at radius 1 is 1.17 bits per heavy atom. The molecule has 0 amide bonds.